The topological polar surface area (TPSA) is 96.0 Å². The molecule has 2 amide bonds. The van der Waals surface area contributed by atoms with Gasteiger partial charge >= 0.3 is 0 Å². The predicted octanol–water partition coefficient (Wildman–Crippen LogP) is 6.00. The molecule has 0 unspecified atom stereocenters. The summed E-state index contributed by atoms with van der Waals surface area (Å²) in [4.78, 5) is 28.6. The molecule has 42 heavy (non-hydrogen) atoms. The van der Waals surface area contributed by atoms with Crippen molar-refractivity contribution < 1.29 is 22.7 Å². The van der Waals surface area contributed by atoms with Gasteiger partial charge in [0.25, 0.3) is 10.0 Å². The molecule has 0 bridgehead atoms. The zero-order valence-electron chi connectivity index (χ0n) is 24.6. The van der Waals surface area contributed by atoms with Crippen LogP contribution in [0.25, 0.3) is 0 Å². The molecule has 0 aliphatic heterocycles. The third kappa shape index (κ3) is 8.18. The lowest BCUT2D eigenvalue weighted by atomic mass is 10.1. The molecule has 1 atom stereocenters. The lowest BCUT2D eigenvalue weighted by molar-refractivity contribution is -0.139. The number of hydrogen-bond acceptors (Lipinski definition) is 5. The smallest absolute Gasteiger partial charge is 0.264 e. The van der Waals surface area contributed by atoms with Crippen molar-refractivity contribution in [1.29, 1.82) is 0 Å². The van der Waals surface area contributed by atoms with E-state index in [0.29, 0.717) is 22.2 Å². The number of aryl methyl sites for hydroxylation is 2. The Balaban J connectivity index is 2.10. The standard InChI is InChI=1S/C31H37Cl2N3O5S/c1-20(2)17-34-31(38)23(5)35(18-24-10-11-25(32)16-27(24)33)30(37)19-36(28-15-22(4)9-14-29(28)41-6)42(39,40)26-12-7-21(3)8-13-26/h7-16,20,23H,17-19H2,1-6H3,(H,34,38)/t23-/m1/s1. The molecular weight excluding hydrogens is 597 g/mol. The van der Waals surface area contributed by atoms with E-state index in [1.54, 1.807) is 55.5 Å². The van der Waals surface area contributed by atoms with Crippen LogP contribution in [-0.4, -0.2) is 51.4 Å². The number of sulfonamides is 1. The maximum absolute atomic E-state index is 14.1. The number of rotatable bonds is 12. The average molecular weight is 635 g/mol. The minimum Gasteiger partial charge on any atom is -0.495 e. The van der Waals surface area contributed by atoms with Gasteiger partial charge in [0.15, 0.2) is 0 Å². The van der Waals surface area contributed by atoms with Crippen molar-refractivity contribution in [3.05, 3.63) is 87.4 Å². The molecule has 3 aromatic carbocycles. The molecule has 0 fully saturated rings. The Hall–Kier alpha value is -3.27. The summed E-state index contributed by atoms with van der Waals surface area (Å²) in [5.41, 5.74) is 2.41. The van der Waals surface area contributed by atoms with E-state index in [4.69, 9.17) is 27.9 Å². The number of anilines is 1. The van der Waals surface area contributed by atoms with Crippen LogP contribution in [0.3, 0.4) is 0 Å². The summed E-state index contributed by atoms with van der Waals surface area (Å²) in [6, 6.07) is 15.4. The highest BCUT2D eigenvalue weighted by molar-refractivity contribution is 7.92. The van der Waals surface area contributed by atoms with Crippen LogP contribution in [0, 0.1) is 19.8 Å². The average Bonchev–Trinajstić information content (AvgIpc) is 2.93. The monoisotopic (exact) mass is 633 g/mol. The third-order valence-corrected chi connectivity index (χ3v) is 9.06. The van der Waals surface area contributed by atoms with E-state index in [9.17, 15) is 18.0 Å². The molecule has 226 valence electrons. The van der Waals surface area contributed by atoms with Crippen LogP contribution in [0.4, 0.5) is 5.69 Å². The zero-order valence-corrected chi connectivity index (χ0v) is 27.0. The summed E-state index contributed by atoms with van der Waals surface area (Å²) in [7, 11) is -2.81. The quantitative estimate of drug-likeness (QED) is 0.264. The molecule has 8 nitrogen and oxygen atoms in total. The van der Waals surface area contributed by atoms with Gasteiger partial charge in [0.2, 0.25) is 11.8 Å². The number of benzene rings is 3. The molecule has 0 aliphatic carbocycles. The van der Waals surface area contributed by atoms with Crippen LogP contribution in [0.5, 0.6) is 5.75 Å². The Morgan fingerprint density at radius 1 is 0.929 bits per heavy atom. The fourth-order valence-corrected chi connectivity index (χ4v) is 6.10. The van der Waals surface area contributed by atoms with E-state index in [1.165, 1.54) is 24.1 Å². The van der Waals surface area contributed by atoms with Gasteiger partial charge in [-0.15, -0.1) is 0 Å². The normalized spacial score (nSPS) is 12.1. The number of nitrogens with one attached hydrogen (secondary N) is 1. The Bertz CT molecular complexity index is 1530. The van der Waals surface area contributed by atoms with Crippen LogP contribution in [0.2, 0.25) is 10.0 Å². The second-order valence-corrected chi connectivity index (χ2v) is 13.3. The molecule has 0 aromatic heterocycles. The number of carbonyl (C=O) groups is 2. The molecule has 1 N–H and O–H groups in total. The molecule has 0 radical (unpaired) electrons. The molecule has 0 aliphatic rings. The van der Waals surface area contributed by atoms with E-state index in [0.717, 1.165) is 15.4 Å². The fourth-order valence-electron chi connectivity index (χ4n) is 4.21. The fraction of sp³-hybridized carbons (Fsp3) is 0.355. The lowest BCUT2D eigenvalue weighted by Crippen LogP contribution is -2.51. The van der Waals surface area contributed by atoms with Crippen LogP contribution >= 0.6 is 23.2 Å². The number of halogens is 2. The van der Waals surface area contributed by atoms with Gasteiger partial charge in [-0.05, 0) is 74.2 Å². The van der Waals surface area contributed by atoms with Gasteiger partial charge in [-0.1, -0.05) is 66.9 Å². The highest BCUT2D eigenvalue weighted by Gasteiger charge is 2.34. The summed E-state index contributed by atoms with van der Waals surface area (Å²) in [6.45, 7) is 8.97. The van der Waals surface area contributed by atoms with Gasteiger partial charge < -0.3 is 15.0 Å². The van der Waals surface area contributed by atoms with Crippen molar-refractivity contribution >= 4 is 50.7 Å². The Morgan fingerprint density at radius 2 is 1.57 bits per heavy atom. The zero-order chi connectivity index (χ0) is 31.2. The van der Waals surface area contributed by atoms with Crippen LogP contribution in [0.15, 0.2) is 65.6 Å². The van der Waals surface area contributed by atoms with E-state index in [1.807, 2.05) is 27.7 Å². The molecule has 3 rings (SSSR count). The highest BCUT2D eigenvalue weighted by atomic mass is 35.5. The summed E-state index contributed by atoms with van der Waals surface area (Å²) >= 11 is 12.5. The van der Waals surface area contributed by atoms with Gasteiger partial charge in [-0.3, -0.25) is 13.9 Å². The molecule has 11 heteroatoms. The SMILES string of the molecule is COc1ccc(C)cc1N(CC(=O)N(Cc1ccc(Cl)cc1Cl)[C@H](C)C(=O)NCC(C)C)S(=O)(=O)c1ccc(C)cc1. The molecule has 3 aromatic rings. The van der Waals surface area contributed by atoms with E-state index in [-0.39, 0.29) is 34.7 Å². The van der Waals surface area contributed by atoms with Gasteiger partial charge in [0, 0.05) is 23.1 Å². The summed E-state index contributed by atoms with van der Waals surface area (Å²) < 4.78 is 34.7. The second-order valence-electron chi connectivity index (χ2n) is 10.6. The number of amides is 2. The molecule has 0 saturated carbocycles. The number of hydrogen-bond donors (Lipinski definition) is 1. The van der Waals surface area contributed by atoms with E-state index < -0.39 is 28.5 Å². The van der Waals surface area contributed by atoms with Crippen molar-refractivity contribution in [3.8, 4) is 5.75 Å². The van der Waals surface area contributed by atoms with Gasteiger partial charge in [0.1, 0.15) is 18.3 Å². The van der Waals surface area contributed by atoms with Crippen LogP contribution in [0.1, 0.15) is 37.5 Å². The Kier molecular flexibility index (Phi) is 11.3. The maximum atomic E-state index is 14.1. The first-order valence-electron chi connectivity index (χ1n) is 13.5. The largest absolute Gasteiger partial charge is 0.495 e. The molecule has 0 saturated heterocycles. The Labute approximate surface area is 258 Å². The van der Waals surface area contributed by atoms with E-state index >= 15 is 0 Å². The number of ether oxygens (including phenoxy) is 1. The number of nitrogens with zero attached hydrogens (tertiary/aromatic N) is 2. The van der Waals surface area contributed by atoms with Crippen molar-refractivity contribution in [2.24, 2.45) is 5.92 Å². The molecule has 0 heterocycles. The third-order valence-electron chi connectivity index (χ3n) is 6.70. The minimum atomic E-state index is -4.24. The van der Waals surface area contributed by atoms with Gasteiger partial charge in [0.05, 0.1) is 17.7 Å². The van der Waals surface area contributed by atoms with E-state index in [2.05, 4.69) is 5.32 Å². The van der Waals surface area contributed by atoms with Crippen LogP contribution < -0.4 is 14.4 Å². The first kappa shape index (κ1) is 33.2. The highest BCUT2D eigenvalue weighted by Crippen LogP contribution is 2.34. The minimum absolute atomic E-state index is 0.0134. The Morgan fingerprint density at radius 3 is 2.17 bits per heavy atom. The lowest BCUT2D eigenvalue weighted by Gasteiger charge is -2.32. The summed E-state index contributed by atoms with van der Waals surface area (Å²) in [5, 5.41) is 3.60. The summed E-state index contributed by atoms with van der Waals surface area (Å²) in [5.74, 6) is -0.505. The van der Waals surface area contributed by atoms with Gasteiger partial charge in [-0.25, -0.2) is 8.42 Å². The molecule has 0 spiro atoms. The van der Waals surface area contributed by atoms with Crippen molar-refractivity contribution in [1.82, 2.24) is 10.2 Å². The van der Waals surface area contributed by atoms with Crippen molar-refractivity contribution in [3.63, 3.8) is 0 Å². The van der Waals surface area contributed by atoms with Crippen molar-refractivity contribution in [2.45, 2.75) is 52.1 Å². The van der Waals surface area contributed by atoms with Crippen molar-refractivity contribution in [2.75, 3.05) is 24.5 Å². The first-order chi connectivity index (χ1) is 19.7. The molecular formula is C31H37Cl2N3O5S. The van der Waals surface area contributed by atoms with Crippen LogP contribution in [-0.2, 0) is 26.2 Å². The maximum Gasteiger partial charge on any atom is 0.264 e. The number of methoxy groups -OCH3 is 1. The van der Waals surface area contributed by atoms with Gasteiger partial charge in [-0.2, -0.15) is 0 Å². The predicted molar refractivity (Wildman–Crippen MR) is 168 cm³/mol. The summed E-state index contributed by atoms with van der Waals surface area (Å²) in [6.07, 6.45) is 0. The second kappa shape index (κ2) is 14.3. The number of carbonyl (C=O) groups excluding carboxylic acids is 2. The first-order valence-corrected chi connectivity index (χ1v) is 15.7.